The molecule has 9 nitrogen and oxygen atoms in total. The van der Waals surface area contributed by atoms with Crippen LogP contribution < -0.4 is 15.0 Å². The third-order valence-corrected chi connectivity index (χ3v) is 4.44. The molecule has 4 rings (SSSR count). The van der Waals surface area contributed by atoms with Crippen LogP contribution in [0.1, 0.15) is 11.9 Å². The first-order valence-corrected chi connectivity index (χ1v) is 8.21. The van der Waals surface area contributed by atoms with Crippen molar-refractivity contribution in [2.45, 2.75) is 6.04 Å². The fourth-order valence-electron chi connectivity index (χ4n) is 3.07. The summed E-state index contributed by atoms with van der Waals surface area (Å²) in [4.78, 5) is 20.8. The number of fused-ring (bicyclic) bond motifs is 1. The number of hydrogen-bond acceptors (Lipinski definition) is 6. The number of carbonyl (C=O) groups excluding carboxylic acids is 1. The highest BCUT2D eigenvalue weighted by molar-refractivity contribution is 5.90. The number of urea groups is 1. The minimum absolute atomic E-state index is 0.191. The number of benzene rings is 1. The van der Waals surface area contributed by atoms with Crippen LogP contribution in [-0.2, 0) is 4.74 Å². The predicted molar refractivity (Wildman–Crippen MR) is 90.9 cm³/mol. The van der Waals surface area contributed by atoms with Crippen LogP contribution in [-0.4, -0.2) is 66.1 Å². The van der Waals surface area contributed by atoms with Crippen molar-refractivity contribution in [3.63, 3.8) is 0 Å². The van der Waals surface area contributed by atoms with E-state index < -0.39 is 0 Å². The van der Waals surface area contributed by atoms with E-state index >= 15 is 0 Å². The zero-order valence-electron chi connectivity index (χ0n) is 13.9. The third kappa shape index (κ3) is 3.10. The number of morpholine rings is 1. The number of amides is 2. The van der Waals surface area contributed by atoms with Crippen LogP contribution in [0.25, 0.3) is 0 Å². The van der Waals surface area contributed by atoms with Crippen LogP contribution in [0, 0.1) is 0 Å². The quantitative estimate of drug-likeness (QED) is 0.851. The van der Waals surface area contributed by atoms with Gasteiger partial charge in [0.15, 0.2) is 0 Å². The van der Waals surface area contributed by atoms with Gasteiger partial charge in [-0.05, 0) is 18.2 Å². The van der Waals surface area contributed by atoms with Crippen molar-refractivity contribution in [3.05, 3.63) is 30.4 Å². The van der Waals surface area contributed by atoms with Crippen molar-refractivity contribution in [2.75, 3.05) is 50.2 Å². The van der Waals surface area contributed by atoms with Gasteiger partial charge >= 0.3 is 6.03 Å². The molecule has 0 aliphatic carbocycles. The summed E-state index contributed by atoms with van der Waals surface area (Å²) >= 11 is 0. The number of aromatic amines is 1. The SMILES string of the molecule is CN1CCOc2ccc(NC(=O)N3CCOCC3c3ncn[nH]3)cc21. The first-order valence-electron chi connectivity index (χ1n) is 8.21. The smallest absolute Gasteiger partial charge is 0.322 e. The highest BCUT2D eigenvalue weighted by Gasteiger charge is 2.31. The molecule has 1 fully saturated rings. The topological polar surface area (TPSA) is 95.6 Å². The lowest BCUT2D eigenvalue weighted by molar-refractivity contribution is 0.0118. The van der Waals surface area contributed by atoms with Gasteiger partial charge in [0, 0.05) is 19.3 Å². The van der Waals surface area contributed by atoms with E-state index in [-0.39, 0.29) is 12.1 Å². The summed E-state index contributed by atoms with van der Waals surface area (Å²) in [5.41, 5.74) is 1.70. The highest BCUT2D eigenvalue weighted by Crippen LogP contribution is 2.33. The third-order valence-electron chi connectivity index (χ3n) is 4.44. The monoisotopic (exact) mass is 344 g/mol. The summed E-state index contributed by atoms with van der Waals surface area (Å²) in [6, 6.07) is 5.19. The molecule has 0 saturated carbocycles. The molecule has 0 radical (unpaired) electrons. The molecule has 2 aromatic rings. The number of carbonyl (C=O) groups is 1. The number of H-pyrrole nitrogens is 1. The molecule has 25 heavy (non-hydrogen) atoms. The van der Waals surface area contributed by atoms with Crippen LogP contribution in [0.5, 0.6) is 5.75 Å². The zero-order valence-corrected chi connectivity index (χ0v) is 13.9. The Kier molecular flexibility index (Phi) is 4.14. The number of anilines is 2. The second-order valence-corrected chi connectivity index (χ2v) is 6.04. The summed E-state index contributed by atoms with van der Waals surface area (Å²) in [6.45, 7) is 2.87. The number of rotatable bonds is 2. The number of nitrogens with one attached hydrogen (secondary N) is 2. The second kappa shape index (κ2) is 6.60. The van der Waals surface area contributed by atoms with E-state index in [1.807, 2.05) is 25.2 Å². The van der Waals surface area contributed by atoms with E-state index in [1.165, 1.54) is 6.33 Å². The molecule has 1 unspecified atom stereocenters. The normalized spacial score (nSPS) is 20.0. The second-order valence-electron chi connectivity index (χ2n) is 6.04. The maximum atomic E-state index is 12.8. The summed E-state index contributed by atoms with van der Waals surface area (Å²) < 4.78 is 11.1. The van der Waals surface area contributed by atoms with Crippen LogP contribution in [0.4, 0.5) is 16.2 Å². The number of nitrogens with zero attached hydrogens (tertiary/aromatic N) is 4. The van der Waals surface area contributed by atoms with E-state index in [2.05, 4.69) is 25.4 Å². The lowest BCUT2D eigenvalue weighted by atomic mass is 10.2. The fraction of sp³-hybridized carbons (Fsp3) is 0.438. The summed E-state index contributed by atoms with van der Waals surface area (Å²) in [5.74, 6) is 1.45. The summed E-state index contributed by atoms with van der Waals surface area (Å²) in [5, 5.41) is 9.64. The molecule has 9 heteroatoms. The predicted octanol–water partition coefficient (Wildman–Crippen LogP) is 1.24. The maximum Gasteiger partial charge on any atom is 0.322 e. The van der Waals surface area contributed by atoms with Gasteiger partial charge < -0.3 is 24.6 Å². The van der Waals surface area contributed by atoms with Crippen LogP contribution in [0.15, 0.2) is 24.5 Å². The van der Waals surface area contributed by atoms with Crippen molar-refractivity contribution in [1.29, 1.82) is 0 Å². The van der Waals surface area contributed by atoms with Crippen LogP contribution in [0.2, 0.25) is 0 Å². The number of hydrogen-bond donors (Lipinski definition) is 2. The molecule has 3 heterocycles. The van der Waals surface area contributed by atoms with E-state index in [0.717, 1.165) is 23.7 Å². The number of likely N-dealkylation sites (N-methyl/N-ethyl adjacent to an activating group) is 1. The number of ether oxygens (including phenoxy) is 2. The van der Waals surface area contributed by atoms with Crippen molar-refractivity contribution in [3.8, 4) is 5.75 Å². The molecule has 1 saturated heterocycles. The average molecular weight is 344 g/mol. The molecule has 1 aromatic carbocycles. The van der Waals surface area contributed by atoms with Gasteiger partial charge in [0.25, 0.3) is 0 Å². The Balaban J connectivity index is 1.52. The van der Waals surface area contributed by atoms with Gasteiger partial charge in [-0.2, -0.15) is 5.10 Å². The van der Waals surface area contributed by atoms with Gasteiger partial charge in [0.05, 0.1) is 25.4 Å². The van der Waals surface area contributed by atoms with Gasteiger partial charge in [0.1, 0.15) is 30.5 Å². The first kappa shape index (κ1) is 15.7. The minimum Gasteiger partial charge on any atom is -0.490 e. The molecule has 2 N–H and O–H groups in total. The molecule has 2 aliphatic rings. The summed E-state index contributed by atoms with van der Waals surface area (Å²) in [7, 11) is 2.01. The minimum atomic E-state index is -0.278. The summed E-state index contributed by atoms with van der Waals surface area (Å²) in [6.07, 6.45) is 1.43. The number of aromatic nitrogens is 3. The van der Waals surface area contributed by atoms with E-state index in [4.69, 9.17) is 9.47 Å². The van der Waals surface area contributed by atoms with Crippen LogP contribution in [0.3, 0.4) is 0 Å². The Hall–Kier alpha value is -2.81. The van der Waals surface area contributed by atoms with Gasteiger partial charge in [-0.15, -0.1) is 0 Å². The molecule has 2 aliphatic heterocycles. The molecular weight excluding hydrogens is 324 g/mol. The molecular formula is C16H20N6O3. The fourth-order valence-corrected chi connectivity index (χ4v) is 3.07. The Morgan fingerprint density at radius 2 is 2.28 bits per heavy atom. The first-order chi connectivity index (χ1) is 12.2. The van der Waals surface area contributed by atoms with Crippen LogP contribution >= 0.6 is 0 Å². The van der Waals surface area contributed by atoms with Gasteiger partial charge in [0.2, 0.25) is 0 Å². The maximum absolute atomic E-state index is 12.8. The van der Waals surface area contributed by atoms with E-state index in [1.54, 1.807) is 4.90 Å². The van der Waals surface area contributed by atoms with Crippen molar-refractivity contribution < 1.29 is 14.3 Å². The van der Waals surface area contributed by atoms with Gasteiger partial charge in [-0.25, -0.2) is 9.78 Å². The molecule has 1 aromatic heterocycles. The molecule has 1 atom stereocenters. The van der Waals surface area contributed by atoms with E-state index in [9.17, 15) is 4.79 Å². The Morgan fingerprint density at radius 3 is 3.12 bits per heavy atom. The Morgan fingerprint density at radius 1 is 1.36 bits per heavy atom. The van der Waals surface area contributed by atoms with Crippen molar-refractivity contribution >= 4 is 17.4 Å². The van der Waals surface area contributed by atoms with Crippen molar-refractivity contribution in [2.24, 2.45) is 0 Å². The standard InChI is InChI=1S/C16H20N6O3/c1-21-4-7-25-14-3-2-11(8-12(14)21)19-16(23)22-5-6-24-9-13(22)15-17-10-18-20-15/h2-3,8,10,13H,4-7,9H2,1H3,(H,19,23)(H,17,18,20). The molecule has 132 valence electrons. The van der Waals surface area contributed by atoms with Gasteiger partial charge in [-0.1, -0.05) is 0 Å². The molecule has 0 bridgehead atoms. The lowest BCUT2D eigenvalue weighted by Gasteiger charge is -2.34. The molecule has 0 spiro atoms. The van der Waals surface area contributed by atoms with Gasteiger partial charge in [-0.3, -0.25) is 5.10 Å². The molecule has 2 amide bonds. The highest BCUT2D eigenvalue weighted by atomic mass is 16.5. The average Bonchev–Trinajstić information content (AvgIpc) is 3.17. The Bertz CT molecular complexity index is 750. The largest absolute Gasteiger partial charge is 0.490 e. The Labute approximate surface area is 144 Å². The zero-order chi connectivity index (χ0) is 17.2. The van der Waals surface area contributed by atoms with Crippen molar-refractivity contribution in [1.82, 2.24) is 20.1 Å². The van der Waals surface area contributed by atoms with E-state index in [0.29, 0.717) is 32.2 Å². The lowest BCUT2D eigenvalue weighted by Crippen LogP contribution is -2.45.